The smallest absolute Gasteiger partial charge is 0.222 e. The van der Waals surface area contributed by atoms with Crippen LogP contribution >= 0.6 is 0 Å². The fourth-order valence-electron chi connectivity index (χ4n) is 3.40. The summed E-state index contributed by atoms with van der Waals surface area (Å²) in [5, 5.41) is 0. The number of rotatable bonds is 8. The van der Waals surface area contributed by atoms with Gasteiger partial charge in [-0.25, -0.2) is 4.39 Å². The summed E-state index contributed by atoms with van der Waals surface area (Å²) in [6.07, 6.45) is 4.61. The Labute approximate surface area is 182 Å². The number of carbonyl (C=O) groups is 2. The topological polar surface area (TPSA) is 63.2 Å². The highest BCUT2D eigenvalue weighted by atomic mass is 19.1. The molecule has 0 spiro atoms. The number of hydrogen-bond acceptors (Lipinski definition) is 4. The molecule has 3 aromatic rings. The minimum Gasteiger partial charge on any atom is -0.341 e. The molecule has 6 heteroatoms. The summed E-state index contributed by atoms with van der Waals surface area (Å²) in [6.45, 7) is 4.07. The van der Waals surface area contributed by atoms with Crippen molar-refractivity contribution >= 4 is 11.7 Å². The van der Waals surface area contributed by atoms with Crippen LogP contribution in [0.5, 0.6) is 0 Å². The van der Waals surface area contributed by atoms with Crippen molar-refractivity contribution in [1.82, 2.24) is 14.9 Å². The predicted molar refractivity (Wildman–Crippen MR) is 118 cm³/mol. The quantitative estimate of drug-likeness (QED) is 0.493. The summed E-state index contributed by atoms with van der Waals surface area (Å²) in [7, 11) is 1.70. The van der Waals surface area contributed by atoms with Gasteiger partial charge in [0.1, 0.15) is 11.5 Å². The average Bonchev–Trinajstić information content (AvgIpc) is 2.78. The number of hydrogen-bond donors (Lipinski definition) is 0. The number of aryl methyl sites for hydroxylation is 2. The number of Topliss-reactive ketones (excluding diaryl/α,β-unsaturated/α-hetero) is 1. The summed E-state index contributed by atoms with van der Waals surface area (Å²) < 4.78 is 14.7. The van der Waals surface area contributed by atoms with Gasteiger partial charge in [0, 0.05) is 55.6 Å². The summed E-state index contributed by atoms with van der Waals surface area (Å²) in [5.41, 5.74) is 4.05. The maximum Gasteiger partial charge on any atom is 0.222 e. The van der Waals surface area contributed by atoms with Crippen LogP contribution in [0, 0.1) is 12.7 Å². The van der Waals surface area contributed by atoms with Gasteiger partial charge in [0.2, 0.25) is 5.91 Å². The molecule has 3 rings (SSSR count). The molecule has 1 amide bonds. The Morgan fingerprint density at radius 3 is 2.55 bits per heavy atom. The Morgan fingerprint density at radius 2 is 1.90 bits per heavy atom. The molecule has 0 N–H and O–H groups in total. The minimum atomic E-state index is -0.386. The van der Waals surface area contributed by atoms with Crippen LogP contribution in [0.1, 0.15) is 47.1 Å². The SMILES string of the molecule is CCC(=O)N(C)Cc1ccc(-c2ccc(C(=O)CCc3cccnc3C)nc2)c(F)c1. The lowest BCUT2D eigenvalue weighted by Gasteiger charge is -2.16. The Hall–Kier alpha value is -3.41. The lowest BCUT2D eigenvalue weighted by molar-refractivity contribution is -0.130. The van der Waals surface area contributed by atoms with Gasteiger partial charge in [0.05, 0.1) is 0 Å². The van der Waals surface area contributed by atoms with Gasteiger partial charge in [-0.15, -0.1) is 0 Å². The molecule has 0 aliphatic carbocycles. The van der Waals surface area contributed by atoms with Crippen LogP contribution in [0.25, 0.3) is 11.1 Å². The van der Waals surface area contributed by atoms with Crippen molar-refractivity contribution in [2.24, 2.45) is 0 Å². The van der Waals surface area contributed by atoms with Gasteiger partial charge in [0.15, 0.2) is 5.78 Å². The third kappa shape index (κ3) is 5.60. The van der Waals surface area contributed by atoms with Crippen LogP contribution in [0.3, 0.4) is 0 Å². The number of nitrogens with zero attached hydrogens (tertiary/aromatic N) is 3. The van der Waals surface area contributed by atoms with Gasteiger partial charge in [-0.2, -0.15) is 0 Å². The fourth-order valence-corrected chi connectivity index (χ4v) is 3.40. The van der Waals surface area contributed by atoms with Crippen molar-refractivity contribution in [2.45, 2.75) is 39.7 Å². The zero-order valence-corrected chi connectivity index (χ0v) is 18.1. The average molecular weight is 420 g/mol. The Bertz CT molecular complexity index is 1080. The van der Waals surface area contributed by atoms with E-state index in [2.05, 4.69) is 9.97 Å². The standard InChI is InChI=1S/C25H26FN3O2/c1-4-25(31)29(3)16-18-7-10-21(22(26)14-18)20-8-11-23(28-15-20)24(30)12-9-19-6-5-13-27-17(19)2/h5-8,10-11,13-15H,4,9,12,16H2,1-3H3. The Kier molecular flexibility index (Phi) is 7.23. The molecule has 0 fully saturated rings. The molecule has 0 saturated heterocycles. The van der Waals surface area contributed by atoms with Gasteiger partial charge in [-0.05, 0) is 42.7 Å². The number of halogens is 1. The monoisotopic (exact) mass is 419 g/mol. The third-order valence-corrected chi connectivity index (χ3v) is 5.28. The van der Waals surface area contributed by atoms with Crippen molar-refractivity contribution < 1.29 is 14.0 Å². The third-order valence-electron chi connectivity index (χ3n) is 5.28. The van der Waals surface area contributed by atoms with E-state index in [-0.39, 0.29) is 17.5 Å². The number of carbonyl (C=O) groups excluding carboxylic acids is 2. The van der Waals surface area contributed by atoms with E-state index in [1.807, 2.05) is 19.1 Å². The summed E-state index contributed by atoms with van der Waals surface area (Å²) >= 11 is 0. The van der Waals surface area contributed by atoms with Crippen molar-refractivity contribution in [2.75, 3.05) is 7.05 Å². The van der Waals surface area contributed by atoms with Crippen LogP contribution in [-0.2, 0) is 17.8 Å². The van der Waals surface area contributed by atoms with Crippen molar-refractivity contribution in [3.63, 3.8) is 0 Å². The maximum atomic E-state index is 14.7. The highest BCUT2D eigenvalue weighted by Gasteiger charge is 2.13. The summed E-state index contributed by atoms with van der Waals surface area (Å²) in [6, 6.07) is 12.1. The first-order valence-electron chi connectivity index (χ1n) is 10.3. The second kappa shape index (κ2) is 10.1. The molecule has 0 aliphatic heterocycles. The van der Waals surface area contributed by atoms with Gasteiger partial charge in [0.25, 0.3) is 0 Å². The van der Waals surface area contributed by atoms with E-state index in [4.69, 9.17) is 0 Å². The number of aromatic nitrogens is 2. The van der Waals surface area contributed by atoms with E-state index in [0.717, 1.165) is 16.8 Å². The molecule has 0 bridgehead atoms. The molecule has 2 heterocycles. The van der Waals surface area contributed by atoms with Gasteiger partial charge in [-0.3, -0.25) is 19.6 Å². The van der Waals surface area contributed by atoms with Crippen LogP contribution in [0.2, 0.25) is 0 Å². The molecule has 0 atom stereocenters. The second-order valence-corrected chi connectivity index (χ2v) is 7.52. The molecule has 1 aromatic carbocycles. The lowest BCUT2D eigenvalue weighted by atomic mass is 10.0. The van der Waals surface area contributed by atoms with Gasteiger partial charge < -0.3 is 4.90 Å². The van der Waals surface area contributed by atoms with Crippen LogP contribution in [0.15, 0.2) is 54.9 Å². The molecular formula is C25H26FN3O2. The van der Waals surface area contributed by atoms with Gasteiger partial charge >= 0.3 is 0 Å². The van der Waals surface area contributed by atoms with E-state index < -0.39 is 0 Å². The second-order valence-electron chi connectivity index (χ2n) is 7.52. The number of benzene rings is 1. The zero-order chi connectivity index (χ0) is 22.4. The van der Waals surface area contributed by atoms with E-state index in [0.29, 0.717) is 42.6 Å². The highest BCUT2D eigenvalue weighted by molar-refractivity contribution is 5.94. The van der Waals surface area contributed by atoms with Crippen molar-refractivity contribution in [3.05, 3.63) is 83.2 Å². The van der Waals surface area contributed by atoms with Crippen LogP contribution < -0.4 is 0 Å². The normalized spacial score (nSPS) is 10.7. The molecule has 0 aliphatic rings. The first kappa shape index (κ1) is 22.3. The maximum absolute atomic E-state index is 14.7. The van der Waals surface area contributed by atoms with E-state index in [1.165, 1.54) is 12.3 Å². The van der Waals surface area contributed by atoms with Gasteiger partial charge in [-0.1, -0.05) is 31.2 Å². The zero-order valence-electron chi connectivity index (χ0n) is 18.1. The Balaban J connectivity index is 1.67. The first-order chi connectivity index (χ1) is 14.9. The molecule has 160 valence electrons. The molecule has 0 radical (unpaired) electrons. The van der Waals surface area contributed by atoms with E-state index >= 15 is 0 Å². The molecule has 31 heavy (non-hydrogen) atoms. The predicted octanol–water partition coefficient (Wildman–Crippen LogP) is 4.78. The number of ketones is 1. The van der Waals surface area contributed by atoms with E-state index in [9.17, 15) is 14.0 Å². The largest absolute Gasteiger partial charge is 0.341 e. The number of pyridine rings is 2. The van der Waals surface area contributed by atoms with Crippen molar-refractivity contribution in [1.29, 1.82) is 0 Å². The minimum absolute atomic E-state index is 0.00706. The Morgan fingerprint density at radius 1 is 1.10 bits per heavy atom. The van der Waals surface area contributed by atoms with Crippen LogP contribution in [0.4, 0.5) is 4.39 Å². The molecular weight excluding hydrogens is 393 g/mol. The summed E-state index contributed by atoms with van der Waals surface area (Å²) in [4.78, 5) is 34.3. The number of amides is 1. The van der Waals surface area contributed by atoms with Crippen LogP contribution in [-0.4, -0.2) is 33.6 Å². The molecule has 5 nitrogen and oxygen atoms in total. The molecule has 2 aromatic heterocycles. The van der Waals surface area contributed by atoms with Crippen molar-refractivity contribution in [3.8, 4) is 11.1 Å². The first-order valence-corrected chi connectivity index (χ1v) is 10.3. The fraction of sp³-hybridized carbons (Fsp3) is 0.280. The van der Waals surface area contributed by atoms with E-state index in [1.54, 1.807) is 49.3 Å². The molecule has 0 unspecified atom stereocenters. The lowest BCUT2D eigenvalue weighted by Crippen LogP contribution is -2.25. The highest BCUT2D eigenvalue weighted by Crippen LogP contribution is 2.24. The summed E-state index contributed by atoms with van der Waals surface area (Å²) in [5.74, 6) is -0.440. The molecule has 0 saturated carbocycles.